The summed E-state index contributed by atoms with van der Waals surface area (Å²) in [6.45, 7) is 3.57. The van der Waals surface area contributed by atoms with Gasteiger partial charge in [-0.05, 0) is 31.9 Å². The van der Waals surface area contributed by atoms with Crippen LogP contribution in [-0.4, -0.2) is 51.2 Å². The summed E-state index contributed by atoms with van der Waals surface area (Å²) in [5.74, 6) is 0.748. The molecule has 2 rings (SSSR count). The SMILES string of the molecule is CCNC(=NCCNc1ccc(S(C)(=O)=O)cc1[N+](=O)[O-])NC1CCCCC1. The molecule has 1 aromatic rings. The molecular weight excluding hydrogens is 382 g/mol. The summed E-state index contributed by atoms with van der Waals surface area (Å²) in [6, 6.07) is 4.30. The lowest BCUT2D eigenvalue weighted by molar-refractivity contribution is -0.384. The Morgan fingerprint density at radius 3 is 2.61 bits per heavy atom. The van der Waals surface area contributed by atoms with E-state index < -0.39 is 14.8 Å². The summed E-state index contributed by atoms with van der Waals surface area (Å²) in [6.07, 6.45) is 7.04. The van der Waals surface area contributed by atoms with Crippen molar-refractivity contribution in [1.29, 1.82) is 0 Å². The minimum Gasteiger partial charge on any atom is -0.378 e. The predicted octanol–water partition coefficient (Wildman–Crippen LogP) is 2.30. The zero-order chi connectivity index (χ0) is 20.6. The number of hydrogen-bond donors (Lipinski definition) is 3. The Kier molecular flexibility index (Phi) is 8.04. The van der Waals surface area contributed by atoms with Gasteiger partial charge in [-0.3, -0.25) is 15.1 Å². The lowest BCUT2D eigenvalue weighted by Crippen LogP contribution is -2.44. The summed E-state index contributed by atoms with van der Waals surface area (Å²) in [4.78, 5) is 15.1. The van der Waals surface area contributed by atoms with Gasteiger partial charge in [-0.1, -0.05) is 19.3 Å². The molecule has 0 aliphatic heterocycles. The number of nitro groups is 1. The van der Waals surface area contributed by atoms with E-state index in [1.54, 1.807) is 0 Å². The highest BCUT2D eigenvalue weighted by Crippen LogP contribution is 2.27. The molecule has 1 saturated carbocycles. The maximum atomic E-state index is 11.6. The minimum atomic E-state index is -3.50. The van der Waals surface area contributed by atoms with Crippen molar-refractivity contribution in [2.24, 2.45) is 4.99 Å². The Morgan fingerprint density at radius 1 is 1.29 bits per heavy atom. The molecule has 0 atom stereocenters. The fraction of sp³-hybridized carbons (Fsp3) is 0.611. The average Bonchev–Trinajstić information content (AvgIpc) is 2.65. The minimum absolute atomic E-state index is 0.0751. The number of aliphatic imine (C=N–C) groups is 1. The van der Waals surface area contributed by atoms with Crippen molar-refractivity contribution >= 4 is 27.2 Å². The van der Waals surface area contributed by atoms with Crippen LogP contribution in [0.1, 0.15) is 39.0 Å². The van der Waals surface area contributed by atoms with Crippen molar-refractivity contribution < 1.29 is 13.3 Å². The first-order valence-electron chi connectivity index (χ1n) is 9.58. The van der Waals surface area contributed by atoms with Gasteiger partial charge in [0.2, 0.25) is 0 Å². The van der Waals surface area contributed by atoms with Crippen molar-refractivity contribution in [3.05, 3.63) is 28.3 Å². The molecule has 0 radical (unpaired) electrons. The molecule has 1 aliphatic carbocycles. The van der Waals surface area contributed by atoms with Crippen molar-refractivity contribution in [2.45, 2.75) is 50.0 Å². The Morgan fingerprint density at radius 2 is 2.00 bits per heavy atom. The smallest absolute Gasteiger partial charge is 0.293 e. The number of rotatable bonds is 8. The van der Waals surface area contributed by atoms with Gasteiger partial charge in [-0.25, -0.2) is 8.42 Å². The summed E-state index contributed by atoms with van der Waals surface area (Å²) in [7, 11) is -3.50. The molecule has 9 nitrogen and oxygen atoms in total. The molecule has 3 N–H and O–H groups in total. The normalized spacial score (nSPS) is 15.9. The molecule has 156 valence electrons. The fourth-order valence-electron chi connectivity index (χ4n) is 3.16. The third-order valence-electron chi connectivity index (χ3n) is 4.58. The van der Waals surface area contributed by atoms with Gasteiger partial charge in [0.05, 0.1) is 16.4 Å². The molecular formula is C18H29N5O4S. The van der Waals surface area contributed by atoms with Crippen molar-refractivity contribution in [3.8, 4) is 0 Å². The van der Waals surface area contributed by atoms with E-state index in [1.807, 2.05) is 6.92 Å². The second-order valence-corrected chi connectivity index (χ2v) is 8.89. The van der Waals surface area contributed by atoms with Crippen LogP contribution in [0.4, 0.5) is 11.4 Å². The third-order valence-corrected chi connectivity index (χ3v) is 5.69. The monoisotopic (exact) mass is 411 g/mol. The van der Waals surface area contributed by atoms with Gasteiger partial charge in [0.1, 0.15) is 5.69 Å². The number of benzene rings is 1. The number of nitro benzene ring substituents is 1. The van der Waals surface area contributed by atoms with Crippen molar-refractivity contribution in [1.82, 2.24) is 10.6 Å². The molecule has 0 heterocycles. The van der Waals surface area contributed by atoms with Crippen LogP contribution >= 0.6 is 0 Å². The first-order chi connectivity index (χ1) is 13.3. The average molecular weight is 412 g/mol. The first kappa shape index (κ1) is 21.9. The van der Waals surface area contributed by atoms with E-state index in [0.717, 1.165) is 37.7 Å². The summed E-state index contributed by atoms with van der Waals surface area (Å²) >= 11 is 0. The molecule has 1 aliphatic rings. The van der Waals surface area contributed by atoms with Crippen LogP contribution in [0.25, 0.3) is 0 Å². The quantitative estimate of drug-likeness (QED) is 0.197. The lowest BCUT2D eigenvalue weighted by atomic mass is 9.96. The van der Waals surface area contributed by atoms with Crippen LogP contribution in [0.5, 0.6) is 0 Å². The number of hydrogen-bond acceptors (Lipinski definition) is 6. The van der Waals surface area contributed by atoms with E-state index >= 15 is 0 Å². The van der Waals surface area contributed by atoms with E-state index in [9.17, 15) is 18.5 Å². The molecule has 0 saturated heterocycles. The summed E-state index contributed by atoms with van der Waals surface area (Å²) in [5.41, 5.74) is 0.0111. The Balaban J connectivity index is 1.98. The molecule has 0 spiro atoms. The van der Waals surface area contributed by atoms with Gasteiger partial charge in [0.25, 0.3) is 5.69 Å². The zero-order valence-corrected chi connectivity index (χ0v) is 17.2. The van der Waals surface area contributed by atoms with E-state index in [1.165, 1.54) is 31.4 Å². The van der Waals surface area contributed by atoms with Gasteiger partial charge in [0.15, 0.2) is 15.8 Å². The van der Waals surface area contributed by atoms with Gasteiger partial charge < -0.3 is 16.0 Å². The standard InChI is InChI=1S/C18H29N5O4S/c1-3-19-18(22-14-7-5-4-6-8-14)21-12-11-20-16-10-9-15(28(2,26)27)13-17(16)23(24)25/h9-10,13-14,20H,3-8,11-12H2,1-2H3,(H2,19,21,22). The van der Waals surface area contributed by atoms with Crippen LogP contribution in [0, 0.1) is 10.1 Å². The van der Waals surface area contributed by atoms with E-state index in [0.29, 0.717) is 19.1 Å². The van der Waals surface area contributed by atoms with Gasteiger partial charge in [0, 0.05) is 31.5 Å². The molecule has 0 bridgehead atoms. The second kappa shape index (κ2) is 10.3. The Bertz CT molecular complexity index is 804. The van der Waals surface area contributed by atoms with E-state index in [4.69, 9.17) is 0 Å². The highest BCUT2D eigenvalue weighted by Gasteiger charge is 2.18. The predicted molar refractivity (Wildman–Crippen MR) is 111 cm³/mol. The van der Waals surface area contributed by atoms with Crippen molar-refractivity contribution in [3.63, 3.8) is 0 Å². The fourth-order valence-corrected chi connectivity index (χ4v) is 3.80. The number of guanidine groups is 1. The molecule has 28 heavy (non-hydrogen) atoms. The third kappa shape index (κ3) is 6.66. The van der Waals surface area contributed by atoms with Crippen LogP contribution in [0.15, 0.2) is 28.1 Å². The number of nitrogens with one attached hydrogen (secondary N) is 3. The van der Waals surface area contributed by atoms with Crippen LogP contribution in [-0.2, 0) is 9.84 Å². The van der Waals surface area contributed by atoms with Crippen LogP contribution < -0.4 is 16.0 Å². The number of sulfone groups is 1. The van der Waals surface area contributed by atoms with Crippen LogP contribution in [0.3, 0.4) is 0 Å². The molecule has 10 heteroatoms. The number of anilines is 1. The van der Waals surface area contributed by atoms with Gasteiger partial charge in [-0.15, -0.1) is 0 Å². The van der Waals surface area contributed by atoms with Gasteiger partial charge in [-0.2, -0.15) is 0 Å². The van der Waals surface area contributed by atoms with Crippen molar-refractivity contribution in [2.75, 3.05) is 31.2 Å². The number of nitrogens with zero attached hydrogens (tertiary/aromatic N) is 2. The largest absolute Gasteiger partial charge is 0.378 e. The highest BCUT2D eigenvalue weighted by atomic mass is 32.2. The lowest BCUT2D eigenvalue weighted by Gasteiger charge is -2.24. The maximum Gasteiger partial charge on any atom is 0.293 e. The second-order valence-electron chi connectivity index (χ2n) is 6.87. The topological polar surface area (TPSA) is 126 Å². The highest BCUT2D eigenvalue weighted by molar-refractivity contribution is 7.90. The Hall–Kier alpha value is -2.36. The molecule has 0 aromatic heterocycles. The molecule has 1 fully saturated rings. The van der Waals surface area contributed by atoms with Gasteiger partial charge >= 0.3 is 0 Å². The first-order valence-corrected chi connectivity index (χ1v) is 11.5. The van der Waals surface area contributed by atoms with E-state index in [-0.39, 0.29) is 16.3 Å². The molecule has 0 unspecified atom stereocenters. The molecule has 0 amide bonds. The molecule has 1 aromatic carbocycles. The summed E-state index contributed by atoms with van der Waals surface area (Å²) < 4.78 is 23.2. The van der Waals surface area contributed by atoms with Crippen LogP contribution in [0.2, 0.25) is 0 Å². The Labute approximate surface area is 166 Å². The summed E-state index contributed by atoms with van der Waals surface area (Å²) in [5, 5.41) is 20.9. The maximum absolute atomic E-state index is 11.6. The zero-order valence-electron chi connectivity index (χ0n) is 16.4. The van der Waals surface area contributed by atoms with E-state index in [2.05, 4.69) is 20.9 Å².